The highest BCUT2D eigenvalue weighted by atomic mass is 16.5. The molecule has 0 radical (unpaired) electrons. The largest absolute Gasteiger partial charge is 0.497 e. The number of carbonyl (C=O) groups excluding carboxylic acids is 1. The van der Waals surface area contributed by atoms with Gasteiger partial charge >= 0.3 is 5.97 Å². The van der Waals surface area contributed by atoms with Gasteiger partial charge in [-0.25, -0.2) is 9.78 Å². The summed E-state index contributed by atoms with van der Waals surface area (Å²) in [6, 6.07) is 12.0. The number of methoxy groups -OCH3 is 2. The number of aromatic nitrogens is 1. The number of esters is 1. The van der Waals surface area contributed by atoms with Crippen LogP contribution in [-0.4, -0.2) is 25.2 Å². The molecule has 2 rings (SSSR count). The van der Waals surface area contributed by atoms with Crippen LogP contribution in [0.3, 0.4) is 0 Å². The van der Waals surface area contributed by atoms with Crippen LogP contribution >= 0.6 is 0 Å². The lowest BCUT2D eigenvalue weighted by Gasteiger charge is -2.07. The van der Waals surface area contributed by atoms with Crippen molar-refractivity contribution in [3.05, 3.63) is 48.2 Å². The van der Waals surface area contributed by atoms with Crippen LogP contribution in [0.5, 0.6) is 17.4 Å². The molecule has 0 saturated carbocycles. The Bertz CT molecular complexity index is 583. The summed E-state index contributed by atoms with van der Waals surface area (Å²) in [5, 5.41) is 0. The average Bonchev–Trinajstić information content (AvgIpc) is 2.47. The fraction of sp³-hybridized carbons (Fsp3) is 0.143. The third-order valence-electron chi connectivity index (χ3n) is 2.38. The van der Waals surface area contributed by atoms with Crippen LogP contribution in [0.4, 0.5) is 0 Å². The number of hydrogen-bond acceptors (Lipinski definition) is 5. The summed E-state index contributed by atoms with van der Waals surface area (Å²) < 4.78 is 15.3. The normalized spacial score (nSPS) is 9.79. The minimum absolute atomic E-state index is 0.197. The molecular formula is C14H13NO4. The van der Waals surface area contributed by atoms with E-state index in [1.807, 2.05) is 6.07 Å². The van der Waals surface area contributed by atoms with Crippen molar-refractivity contribution in [2.75, 3.05) is 14.2 Å². The molecule has 98 valence electrons. The predicted molar refractivity (Wildman–Crippen MR) is 68.6 cm³/mol. The first kappa shape index (κ1) is 12.9. The molecule has 19 heavy (non-hydrogen) atoms. The van der Waals surface area contributed by atoms with E-state index in [9.17, 15) is 4.79 Å². The third kappa shape index (κ3) is 3.22. The molecule has 5 heteroatoms. The first-order chi connectivity index (χ1) is 9.22. The second-order valence-corrected chi connectivity index (χ2v) is 3.63. The zero-order valence-electron chi connectivity index (χ0n) is 10.6. The fourth-order valence-corrected chi connectivity index (χ4v) is 1.48. The standard InChI is InChI=1S/C14H13NO4/c1-17-10-5-3-6-11(9-10)19-13-8-4-7-12(15-13)14(16)18-2/h3-9H,1-2H3. The number of ether oxygens (including phenoxy) is 3. The van der Waals surface area contributed by atoms with Crippen LogP contribution in [0.15, 0.2) is 42.5 Å². The van der Waals surface area contributed by atoms with Crippen LogP contribution in [0.2, 0.25) is 0 Å². The Hall–Kier alpha value is -2.56. The van der Waals surface area contributed by atoms with Gasteiger partial charge in [-0.3, -0.25) is 0 Å². The molecule has 0 unspecified atom stereocenters. The summed E-state index contributed by atoms with van der Waals surface area (Å²) in [6.07, 6.45) is 0. The van der Waals surface area contributed by atoms with Crippen molar-refractivity contribution in [3.63, 3.8) is 0 Å². The molecule has 0 aliphatic rings. The molecule has 0 amide bonds. The minimum Gasteiger partial charge on any atom is -0.497 e. The lowest BCUT2D eigenvalue weighted by molar-refractivity contribution is 0.0593. The number of pyridine rings is 1. The smallest absolute Gasteiger partial charge is 0.356 e. The van der Waals surface area contributed by atoms with Crippen molar-refractivity contribution >= 4 is 5.97 Å². The molecule has 0 N–H and O–H groups in total. The molecule has 1 aromatic carbocycles. The fourth-order valence-electron chi connectivity index (χ4n) is 1.48. The van der Waals surface area contributed by atoms with E-state index in [-0.39, 0.29) is 5.69 Å². The Morgan fingerprint density at radius 3 is 2.53 bits per heavy atom. The van der Waals surface area contributed by atoms with Crippen molar-refractivity contribution in [2.24, 2.45) is 0 Å². The molecule has 0 bridgehead atoms. The third-order valence-corrected chi connectivity index (χ3v) is 2.38. The van der Waals surface area contributed by atoms with Crippen LogP contribution in [0, 0.1) is 0 Å². The van der Waals surface area contributed by atoms with Gasteiger partial charge < -0.3 is 14.2 Å². The van der Waals surface area contributed by atoms with E-state index in [2.05, 4.69) is 9.72 Å². The maximum atomic E-state index is 11.4. The summed E-state index contributed by atoms with van der Waals surface area (Å²) >= 11 is 0. The van der Waals surface area contributed by atoms with Gasteiger partial charge in [-0.1, -0.05) is 12.1 Å². The van der Waals surface area contributed by atoms with Crippen molar-refractivity contribution in [1.82, 2.24) is 4.98 Å². The molecule has 0 aliphatic carbocycles. The lowest BCUT2D eigenvalue weighted by atomic mass is 10.3. The van der Waals surface area contributed by atoms with E-state index < -0.39 is 5.97 Å². The van der Waals surface area contributed by atoms with E-state index in [1.165, 1.54) is 7.11 Å². The zero-order valence-corrected chi connectivity index (χ0v) is 10.6. The maximum Gasteiger partial charge on any atom is 0.356 e. The molecule has 0 atom stereocenters. The van der Waals surface area contributed by atoms with Gasteiger partial charge in [-0.2, -0.15) is 0 Å². The quantitative estimate of drug-likeness (QED) is 0.790. The second kappa shape index (κ2) is 5.86. The molecule has 1 aromatic heterocycles. The Morgan fingerprint density at radius 1 is 1.05 bits per heavy atom. The highest BCUT2D eigenvalue weighted by Crippen LogP contribution is 2.23. The number of rotatable bonds is 4. The van der Waals surface area contributed by atoms with Crippen molar-refractivity contribution in [1.29, 1.82) is 0 Å². The molecule has 1 heterocycles. The topological polar surface area (TPSA) is 57.7 Å². The second-order valence-electron chi connectivity index (χ2n) is 3.63. The zero-order chi connectivity index (χ0) is 13.7. The highest BCUT2D eigenvalue weighted by molar-refractivity contribution is 5.87. The summed E-state index contributed by atoms with van der Waals surface area (Å²) in [5.41, 5.74) is 0.197. The van der Waals surface area contributed by atoms with Crippen LogP contribution < -0.4 is 9.47 Å². The van der Waals surface area contributed by atoms with Gasteiger partial charge in [-0.05, 0) is 18.2 Å². The molecule has 0 aliphatic heterocycles. The number of benzene rings is 1. The first-order valence-electron chi connectivity index (χ1n) is 5.60. The highest BCUT2D eigenvalue weighted by Gasteiger charge is 2.08. The summed E-state index contributed by atoms with van der Waals surface area (Å²) in [5.74, 6) is 1.07. The molecular weight excluding hydrogens is 246 g/mol. The van der Waals surface area contributed by atoms with Gasteiger partial charge in [-0.15, -0.1) is 0 Å². The molecule has 5 nitrogen and oxygen atoms in total. The van der Waals surface area contributed by atoms with Gasteiger partial charge in [0.25, 0.3) is 0 Å². The molecule has 0 saturated heterocycles. The molecule has 0 fully saturated rings. The van der Waals surface area contributed by atoms with Gasteiger partial charge in [0.15, 0.2) is 5.69 Å². The van der Waals surface area contributed by atoms with E-state index in [0.717, 1.165) is 0 Å². The summed E-state index contributed by atoms with van der Waals surface area (Å²) in [6.45, 7) is 0. The summed E-state index contributed by atoms with van der Waals surface area (Å²) in [4.78, 5) is 15.4. The van der Waals surface area contributed by atoms with E-state index in [1.54, 1.807) is 43.5 Å². The number of hydrogen-bond donors (Lipinski definition) is 0. The number of nitrogens with zero attached hydrogens (tertiary/aromatic N) is 1. The van der Waals surface area contributed by atoms with E-state index in [4.69, 9.17) is 9.47 Å². The van der Waals surface area contributed by atoms with Crippen LogP contribution in [0.25, 0.3) is 0 Å². The van der Waals surface area contributed by atoms with E-state index in [0.29, 0.717) is 17.4 Å². The van der Waals surface area contributed by atoms with Crippen molar-refractivity contribution in [3.8, 4) is 17.4 Å². The van der Waals surface area contributed by atoms with Gasteiger partial charge in [0.1, 0.15) is 11.5 Å². The Morgan fingerprint density at radius 2 is 1.79 bits per heavy atom. The van der Waals surface area contributed by atoms with Gasteiger partial charge in [0.05, 0.1) is 14.2 Å². The summed E-state index contributed by atoms with van der Waals surface area (Å²) in [7, 11) is 2.88. The van der Waals surface area contributed by atoms with Gasteiger partial charge in [0, 0.05) is 12.1 Å². The molecule has 0 spiro atoms. The average molecular weight is 259 g/mol. The maximum absolute atomic E-state index is 11.4. The van der Waals surface area contributed by atoms with Crippen molar-refractivity contribution in [2.45, 2.75) is 0 Å². The van der Waals surface area contributed by atoms with Crippen LogP contribution in [-0.2, 0) is 4.74 Å². The van der Waals surface area contributed by atoms with E-state index >= 15 is 0 Å². The number of carbonyl (C=O) groups is 1. The van der Waals surface area contributed by atoms with Gasteiger partial charge in [0.2, 0.25) is 5.88 Å². The predicted octanol–water partition coefficient (Wildman–Crippen LogP) is 2.67. The van der Waals surface area contributed by atoms with Crippen LogP contribution in [0.1, 0.15) is 10.5 Å². The Balaban J connectivity index is 2.20. The lowest BCUT2D eigenvalue weighted by Crippen LogP contribution is -2.04. The first-order valence-corrected chi connectivity index (χ1v) is 5.60. The monoisotopic (exact) mass is 259 g/mol. The molecule has 2 aromatic rings. The minimum atomic E-state index is -0.504. The Labute approximate surface area is 110 Å². The van der Waals surface area contributed by atoms with Crippen molar-refractivity contribution < 1.29 is 19.0 Å². The Kier molecular flexibility index (Phi) is 3.97. The SMILES string of the molecule is COC(=O)c1cccc(Oc2cccc(OC)c2)n1.